The van der Waals surface area contributed by atoms with Crippen LogP contribution in [0.25, 0.3) is 0 Å². The molecule has 0 saturated carbocycles. The molecule has 2 amide bonds. The zero-order valence-corrected chi connectivity index (χ0v) is 20.2. The summed E-state index contributed by atoms with van der Waals surface area (Å²) in [6.45, 7) is 2.78. The normalized spacial score (nSPS) is 10.3. The number of hydrogen-bond acceptors (Lipinski definition) is 5. The first kappa shape index (κ1) is 25.1. The lowest BCUT2D eigenvalue weighted by Gasteiger charge is -2.13. The predicted molar refractivity (Wildman–Crippen MR) is 130 cm³/mol. The van der Waals surface area contributed by atoms with Crippen molar-refractivity contribution in [3.05, 3.63) is 51.5 Å². The maximum Gasteiger partial charge on any atom is 0.257 e. The SMILES string of the molecule is CCCC(=O)Nc1ccc(Cl)c(NC(=S)NC(=O)c2ccc(OCCOC)c(Br)c2)c1. The van der Waals surface area contributed by atoms with Crippen LogP contribution in [-0.4, -0.2) is 37.3 Å². The van der Waals surface area contributed by atoms with Gasteiger partial charge in [-0.25, -0.2) is 0 Å². The molecule has 0 radical (unpaired) electrons. The zero-order valence-electron chi connectivity index (χ0n) is 17.1. The first-order valence-electron chi connectivity index (χ1n) is 9.47. The van der Waals surface area contributed by atoms with Gasteiger partial charge in [0.2, 0.25) is 5.91 Å². The minimum absolute atomic E-state index is 0.0699. The molecule has 0 spiro atoms. The second kappa shape index (κ2) is 12.6. The number of anilines is 2. The van der Waals surface area contributed by atoms with Crippen LogP contribution >= 0.6 is 39.7 Å². The molecule has 0 saturated heterocycles. The van der Waals surface area contributed by atoms with E-state index >= 15 is 0 Å². The highest BCUT2D eigenvalue weighted by atomic mass is 79.9. The summed E-state index contributed by atoms with van der Waals surface area (Å²) in [5.74, 6) is 0.111. The first-order chi connectivity index (χ1) is 14.8. The molecule has 0 aliphatic rings. The molecule has 0 atom stereocenters. The minimum atomic E-state index is -0.398. The van der Waals surface area contributed by atoms with Gasteiger partial charge in [-0.05, 0) is 71.0 Å². The van der Waals surface area contributed by atoms with E-state index in [2.05, 4.69) is 31.9 Å². The Labute approximate surface area is 200 Å². The van der Waals surface area contributed by atoms with Crippen LogP contribution in [-0.2, 0) is 9.53 Å². The Balaban J connectivity index is 2.00. The monoisotopic (exact) mass is 527 g/mol. The Morgan fingerprint density at radius 2 is 1.90 bits per heavy atom. The average molecular weight is 529 g/mol. The van der Waals surface area contributed by atoms with Gasteiger partial charge in [0.15, 0.2) is 5.11 Å². The van der Waals surface area contributed by atoms with Gasteiger partial charge in [0, 0.05) is 24.8 Å². The Morgan fingerprint density at radius 3 is 2.58 bits per heavy atom. The molecule has 0 aliphatic heterocycles. The van der Waals surface area contributed by atoms with E-state index in [9.17, 15) is 9.59 Å². The third kappa shape index (κ3) is 8.10. The molecule has 0 fully saturated rings. The van der Waals surface area contributed by atoms with Crippen molar-refractivity contribution in [1.29, 1.82) is 0 Å². The molecular weight excluding hydrogens is 506 g/mol. The quantitative estimate of drug-likeness (QED) is 0.314. The molecule has 0 heterocycles. The summed E-state index contributed by atoms with van der Waals surface area (Å²) in [5, 5.41) is 8.74. The Hall–Kier alpha value is -2.20. The van der Waals surface area contributed by atoms with Crippen molar-refractivity contribution in [1.82, 2.24) is 5.32 Å². The van der Waals surface area contributed by atoms with Crippen molar-refractivity contribution >= 4 is 68.1 Å². The molecule has 10 heteroatoms. The Kier molecular flexibility index (Phi) is 10.2. The van der Waals surface area contributed by atoms with Crippen LogP contribution < -0.4 is 20.7 Å². The number of nitrogens with one attached hydrogen (secondary N) is 3. The fraction of sp³-hybridized carbons (Fsp3) is 0.286. The number of thiocarbonyl (C=S) groups is 1. The summed E-state index contributed by atoms with van der Waals surface area (Å²) >= 11 is 14.8. The summed E-state index contributed by atoms with van der Waals surface area (Å²) < 4.78 is 11.1. The molecule has 0 aliphatic carbocycles. The Bertz CT molecular complexity index is 958. The van der Waals surface area contributed by atoms with Gasteiger partial charge in [-0.3, -0.25) is 14.9 Å². The molecule has 2 rings (SSSR count). The molecule has 0 bridgehead atoms. The summed E-state index contributed by atoms with van der Waals surface area (Å²) in [4.78, 5) is 24.3. The van der Waals surface area contributed by atoms with E-state index in [0.29, 0.717) is 51.8 Å². The van der Waals surface area contributed by atoms with Gasteiger partial charge in [-0.1, -0.05) is 18.5 Å². The van der Waals surface area contributed by atoms with Crippen LogP contribution in [0.1, 0.15) is 30.1 Å². The minimum Gasteiger partial charge on any atom is -0.490 e. The molecule has 0 aromatic heterocycles. The number of methoxy groups -OCH3 is 1. The van der Waals surface area contributed by atoms with Crippen molar-refractivity contribution in [2.75, 3.05) is 31.0 Å². The zero-order chi connectivity index (χ0) is 22.8. The number of amides is 2. The van der Waals surface area contributed by atoms with E-state index in [1.165, 1.54) is 0 Å². The summed E-state index contributed by atoms with van der Waals surface area (Å²) in [6, 6.07) is 9.92. The predicted octanol–water partition coefficient (Wildman–Crippen LogP) is 4.99. The van der Waals surface area contributed by atoms with E-state index in [1.807, 2.05) is 6.92 Å². The molecule has 2 aromatic rings. The lowest BCUT2D eigenvalue weighted by Crippen LogP contribution is -2.34. The highest BCUT2D eigenvalue weighted by Crippen LogP contribution is 2.27. The second-order valence-electron chi connectivity index (χ2n) is 6.39. The van der Waals surface area contributed by atoms with Gasteiger partial charge < -0.3 is 20.1 Å². The molecular formula is C21H23BrClN3O4S. The van der Waals surface area contributed by atoms with Crippen molar-refractivity contribution < 1.29 is 19.1 Å². The van der Waals surface area contributed by atoms with Crippen LogP contribution in [0.3, 0.4) is 0 Å². The molecule has 3 N–H and O–H groups in total. The molecule has 0 unspecified atom stereocenters. The van der Waals surface area contributed by atoms with Crippen LogP contribution in [0.4, 0.5) is 11.4 Å². The van der Waals surface area contributed by atoms with Crippen molar-refractivity contribution in [3.8, 4) is 5.75 Å². The van der Waals surface area contributed by atoms with Crippen molar-refractivity contribution in [3.63, 3.8) is 0 Å². The largest absolute Gasteiger partial charge is 0.490 e. The maximum atomic E-state index is 12.5. The fourth-order valence-electron chi connectivity index (χ4n) is 2.47. The molecule has 31 heavy (non-hydrogen) atoms. The standard InChI is InChI=1S/C21H23BrClN3O4S/c1-3-4-19(27)24-14-6-7-16(23)17(12-14)25-21(31)26-20(28)13-5-8-18(15(22)11-13)30-10-9-29-2/h5-8,11-12H,3-4,9-10H2,1-2H3,(H,24,27)(H2,25,26,28,31). The highest BCUT2D eigenvalue weighted by Gasteiger charge is 2.13. The van der Waals surface area contributed by atoms with Crippen LogP contribution in [0.5, 0.6) is 5.75 Å². The Morgan fingerprint density at radius 1 is 1.13 bits per heavy atom. The molecule has 7 nitrogen and oxygen atoms in total. The smallest absolute Gasteiger partial charge is 0.257 e. The number of benzene rings is 2. The van der Waals surface area contributed by atoms with Gasteiger partial charge in [0.1, 0.15) is 12.4 Å². The topological polar surface area (TPSA) is 88.7 Å². The van der Waals surface area contributed by atoms with Gasteiger partial charge in [-0.15, -0.1) is 0 Å². The third-order valence-corrected chi connectivity index (χ3v) is 5.09. The maximum absolute atomic E-state index is 12.5. The lowest BCUT2D eigenvalue weighted by atomic mass is 10.2. The van der Waals surface area contributed by atoms with Crippen molar-refractivity contribution in [2.24, 2.45) is 0 Å². The third-order valence-electron chi connectivity index (χ3n) is 3.94. The second-order valence-corrected chi connectivity index (χ2v) is 8.06. The van der Waals surface area contributed by atoms with Crippen LogP contribution in [0.15, 0.2) is 40.9 Å². The summed E-state index contributed by atoms with van der Waals surface area (Å²) in [5.41, 5.74) is 1.43. The van der Waals surface area contributed by atoms with E-state index in [4.69, 9.17) is 33.3 Å². The van der Waals surface area contributed by atoms with E-state index in [-0.39, 0.29) is 11.0 Å². The van der Waals surface area contributed by atoms with Gasteiger partial charge in [0.05, 0.1) is 21.8 Å². The van der Waals surface area contributed by atoms with Gasteiger partial charge in [0.25, 0.3) is 5.91 Å². The van der Waals surface area contributed by atoms with Crippen LogP contribution in [0.2, 0.25) is 5.02 Å². The van der Waals surface area contributed by atoms with Gasteiger partial charge in [-0.2, -0.15) is 0 Å². The van der Waals surface area contributed by atoms with Crippen LogP contribution in [0, 0.1) is 0 Å². The van der Waals surface area contributed by atoms with Crippen molar-refractivity contribution in [2.45, 2.75) is 19.8 Å². The van der Waals surface area contributed by atoms with E-state index < -0.39 is 5.91 Å². The van der Waals surface area contributed by atoms with E-state index in [1.54, 1.807) is 43.5 Å². The number of carbonyl (C=O) groups is 2. The molecule has 166 valence electrons. The van der Waals surface area contributed by atoms with Gasteiger partial charge >= 0.3 is 0 Å². The molecule has 2 aromatic carbocycles. The summed E-state index contributed by atoms with van der Waals surface area (Å²) in [6.07, 6.45) is 1.17. The first-order valence-corrected chi connectivity index (χ1v) is 11.0. The number of halogens is 2. The number of rotatable bonds is 9. The number of ether oxygens (including phenoxy) is 2. The summed E-state index contributed by atoms with van der Waals surface area (Å²) in [7, 11) is 1.59. The van der Waals surface area contributed by atoms with E-state index in [0.717, 1.165) is 6.42 Å². The number of carbonyl (C=O) groups excluding carboxylic acids is 2. The average Bonchev–Trinajstić information content (AvgIpc) is 2.72. The lowest BCUT2D eigenvalue weighted by molar-refractivity contribution is -0.116. The number of hydrogen-bond donors (Lipinski definition) is 3. The highest BCUT2D eigenvalue weighted by molar-refractivity contribution is 9.10. The fourth-order valence-corrected chi connectivity index (χ4v) is 3.33.